The van der Waals surface area contributed by atoms with Crippen LogP contribution in [0.25, 0.3) is 10.8 Å². The summed E-state index contributed by atoms with van der Waals surface area (Å²) in [7, 11) is 0. The van der Waals surface area contributed by atoms with Crippen molar-refractivity contribution in [3.05, 3.63) is 71.8 Å². The van der Waals surface area contributed by atoms with Crippen LogP contribution in [-0.2, 0) is 13.1 Å². The molecule has 1 aromatic heterocycles. The maximum absolute atomic E-state index is 4.33. The van der Waals surface area contributed by atoms with Crippen molar-refractivity contribution in [3.63, 3.8) is 0 Å². The van der Waals surface area contributed by atoms with Crippen molar-refractivity contribution in [2.24, 2.45) is 0 Å². The predicted molar refractivity (Wildman–Crippen MR) is 81.3 cm³/mol. The summed E-state index contributed by atoms with van der Waals surface area (Å²) in [5.74, 6) is 0. The van der Waals surface area contributed by atoms with Crippen LogP contribution in [0.1, 0.15) is 17.0 Å². The minimum Gasteiger partial charge on any atom is -0.307 e. The number of rotatable bonds is 4. The Morgan fingerprint density at radius 1 is 0.900 bits per heavy atom. The highest BCUT2D eigenvalue weighted by Gasteiger charge is 1.98. The number of benzene rings is 2. The van der Waals surface area contributed by atoms with Crippen molar-refractivity contribution in [1.82, 2.24) is 15.3 Å². The van der Waals surface area contributed by atoms with Crippen LogP contribution in [0, 0.1) is 6.92 Å². The second-order valence-corrected chi connectivity index (χ2v) is 4.93. The zero-order valence-corrected chi connectivity index (χ0v) is 11.5. The number of aromatic nitrogens is 2. The molecule has 1 N–H and O–H groups in total. The number of fused-ring (bicyclic) bond motifs is 1. The third-order valence-electron chi connectivity index (χ3n) is 3.28. The minimum absolute atomic E-state index is 0.736. The zero-order valence-electron chi connectivity index (χ0n) is 11.5. The molecule has 2 aromatic carbocycles. The lowest BCUT2D eigenvalue weighted by molar-refractivity contribution is 0.676. The van der Waals surface area contributed by atoms with Crippen LogP contribution in [0.5, 0.6) is 0 Å². The molecule has 0 saturated carbocycles. The molecule has 0 unspecified atom stereocenters. The van der Waals surface area contributed by atoms with Crippen LogP contribution in [0.4, 0.5) is 0 Å². The molecule has 1 heterocycles. The highest BCUT2D eigenvalue weighted by atomic mass is 14.9. The van der Waals surface area contributed by atoms with Crippen molar-refractivity contribution < 1.29 is 0 Å². The molecule has 0 atom stereocenters. The molecule has 20 heavy (non-hydrogen) atoms. The molecule has 3 heteroatoms. The van der Waals surface area contributed by atoms with Gasteiger partial charge in [0.15, 0.2) is 0 Å². The predicted octanol–water partition coefficient (Wildman–Crippen LogP) is 3.23. The van der Waals surface area contributed by atoms with Crippen molar-refractivity contribution in [2.75, 3.05) is 0 Å². The largest absolute Gasteiger partial charge is 0.307 e. The van der Waals surface area contributed by atoms with Gasteiger partial charge in [0.25, 0.3) is 0 Å². The summed E-state index contributed by atoms with van der Waals surface area (Å²) in [4.78, 5) is 8.58. The molecular weight excluding hydrogens is 246 g/mol. The first-order valence-electron chi connectivity index (χ1n) is 6.77. The van der Waals surface area contributed by atoms with Crippen LogP contribution in [0.15, 0.2) is 54.9 Å². The lowest BCUT2D eigenvalue weighted by atomic mass is 10.1. The Balaban J connectivity index is 1.63. The van der Waals surface area contributed by atoms with E-state index >= 15 is 0 Å². The van der Waals surface area contributed by atoms with E-state index in [4.69, 9.17) is 0 Å². The van der Waals surface area contributed by atoms with Crippen LogP contribution in [0.2, 0.25) is 0 Å². The summed E-state index contributed by atoms with van der Waals surface area (Å²) in [5.41, 5.74) is 3.20. The monoisotopic (exact) mass is 263 g/mol. The summed E-state index contributed by atoms with van der Waals surface area (Å²) >= 11 is 0. The highest BCUT2D eigenvalue weighted by molar-refractivity contribution is 5.82. The highest BCUT2D eigenvalue weighted by Crippen LogP contribution is 2.15. The molecule has 3 aromatic rings. The van der Waals surface area contributed by atoms with E-state index in [1.54, 1.807) is 6.20 Å². The van der Waals surface area contributed by atoms with Gasteiger partial charge in [0.05, 0.1) is 11.4 Å². The van der Waals surface area contributed by atoms with Crippen molar-refractivity contribution in [2.45, 2.75) is 20.0 Å². The van der Waals surface area contributed by atoms with E-state index in [0.29, 0.717) is 0 Å². The lowest BCUT2D eigenvalue weighted by Gasteiger charge is -2.06. The number of hydrogen-bond donors (Lipinski definition) is 1. The Hall–Kier alpha value is -2.26. The summed E-state index contributed by atoms with van der Waals surface area (Å²) in [6, 6.07) is 15.0. The second-order valence-electron chi connectivity index (χ2n) is 4.93. The first kappa shape index (κ1) is 12.8. The van der Waals surface area contributed by atoms with Crippen LogP contribution >= 0.6 is 0 Å². The molecule has 0 bridgehead atoms. The Morgan fingerprint density at radius 2 is 1.75 bits per heavy atom. The molecule has 0 saturated heterocycles. The minimum atomic E-state index is 0.736. The maximum Gasteiger partial charge on any atom is 0.0724 e. The molecule has 0 spiro atoms. The fraction of sp³-hybridized carbons (Fsp3) is 0.176. The Labute approximate surface area is 118 Å². The normalized spacial score (nSPS) is 10.8. The number of nitrogens with zero attached hydrogens (tertiary/aromatic N) is 2. The van der Waals surface area contributed by atoms with Gasteiger partial charge in [-0.05, 0) is 29.3 Å². The molecule has 0 fully saturated rings. The number of aryl methyl sites for hydroxylation is 1. The van der Waals surface area contributed by atoms with Gasteiger partial charge in [-0.1, -0.05) is 36.4 Å². The molecule has 3 rings (SSSR count). The van der Waals surface area contributed by atoms with E-state index in [1.165, 1.54) is 16.3 Å². The van der Waals surface area contributed by atoms with Gasteiger partial charge in [0.2, 0.25) is 0 Å². The summed E-state index contributed by atoms with van der Waals surface area (Å²) in [6.07, 6.45) is 3.62. The van der Waals surface area contributed by atoms with Crippen LogP contribution < -0.4 is 5.32 Å². The number of nitrogens with one attached hydrogen (secondary N) is 1. The van der Waals surface area contributed by atoms with E-state index in [1.807, 2.05) is 13.1 Å². The Bertz CT molecular complexity index is 705. The fourth-order valence-electron chi connectivity index (χ4n) is 2.19. The van der Waals surface area contributed by atoms with Gasteiger partial charge in [-0.25, -0.2) is 0 Å². The van der Waals surface area contributed by atoms with Crippen molar-refractivity contribution in [1.29, 1.82) is 0 Å². The SMILES string of the molecule is Cc1cnc(CNCc2ccc3ccccc3c2)cn1. The summed E-state index contributed by atoms with van der Waals surface area (Å²) in [5, 5.41) is 5.96. The van der Waals surface area contributed by atoms with E-state index < -0.39 is 0 Å². The van der Waals surface area contributed by atoms with Gasteiger partial charge in [-0.15, -0.1) is 0 Å². The molecule has 3 nitrogen and oxygen atoms in total. The van der Waals surface area contributed by atoms with Crippen molar-refractivity contribution >= 4 is 10.8 Å². The average Bonchev–Trinajstić information content (AvgIpc) is 2.49. The zero-order chi connectivity index (χ0) is 13.8. The van der Waals surface area contributed by atoms with E-state index in [2.05, 4.69) is 57.7 Å². The molecular formula is C17H17N3. The first-order valence-corrected chi connectivity index (χ1v) is 6.77. The molecule has 0 aliphatic heterocycles. The third kappa shape index (κ3) is 3.00. The average molecular weight is 263 g/mol. The van der Waals surface area contributed by atoms with E-state index in [-0.39, 0.29) is 0 Å². The topological polar surface area (TPSA) is 37.8 Å². The second kappa shape index (κ2) is 5.80. The quantitative estimate of drug-likeness (QED) is 0.785. The van der Waals surface area contributed by atoms with Gasteiger partial charge in [-0.2, -0.15) is 0 Å². The van der Waals surface area contributed by atoms with Gasteiger partial charge >= 0.3 is 0 Å². The van der Waals surface area contributed by atoms with Crippen LogP contribution in [-0.4, -0.2) is 9.97 Å². The standard InChI is InChI=1S/C17H17N3/c1-13-9-20-17(12-19-13)11-18-10-14-6-7-15-4-2-3-5-16(15)8-14/h2-9,12,18H,10-11H2,1H3. The summed E-state index contributed by atoms with van der Waals surface area (Å²) < 4.78 is 0. The lowest BCUT2D eigenvalue weighted by Crippen LogP contribution is -2.13. The maximum atomic E-state index is 4.33. The Kier molecular flexibility index (Phi) is 3.70. The smallest absolute Gasteiger partial charge is 0.0724 e. The molecule has 100 valence electrons. The third-order valence-corrected chi connectivity index (χ3v) is 3.28. The van der Waals surface area contributed by atoms with Gasteiger partial charge in [0.1, 0.15) is 0 Å². The van der Waals surface area contributed by atoms with E-state index in [9.17, 15) is 0 Å². The Morgan fingerprint density at radius 3 is 2.55 bits per heavy atom. The van der Waals surface area contributed by atoms with Gasteiger partial charge in [0, 0.05) is 25.5 Å². The summed E-state index contributed by atoms with van der Waals surface area (Å²) in [6.45, 7) is 3.51. The molecule has 0 radical (unpaired) electrons. The number of hydrogen-bond acceptors (Lipinski definition) is 3. The van der Waals surface area contributed by atoms with Gasteiger partial charge < -0.3 is 5.32 Å². The molecule has 0 aliphatic carbocycles. The van der Waals surface area contributed by atoms with Crippen LogP contribution in [0.3, 0.4) is 0 Å². The van der Waals surface area contributed by atoms with E-state index in [0.717, 1.165) is 24.5 Å². The fourth-order valence-corrected chi connectivity index (χ4v) is 2.19. The first-order chi connectivity index (χ1) is 9.81. The van der Waals surface area contributed by atoms with Gasteiger partial charge in [-0.3, -0.25) is 9.97 Å². The molecule has 0 amide bonds. The molecule has 0 aliphatic rings. The van der Waals surface area contributed by atoms with Crippen molar-refractivity contribution in [3.8, 4) is 0 Å².